The first-order valence-electron chi connectivity index (χ1n) is 12.8. The number of halogens is 3. The Morgan fingerprint density at radius 3 is 2.25 bits per heavy atom. The van der Waals surface area contributed by atoms with Gasteiger partial charge in [-0.15, -0.1) is 11.8 Å². The number of carbonyl (C=O) groups excluding carboxylic acids is 3. The van der Waals surface area contributed by atoms with Gasteiger partial charge in [0.05, 0.1) is 27.5 Å². The molecule has 0 radical (unpaired) electrons. The summed E-state index contributed by atoms with van der Waals surface area (Å²) in [5, 5.41) is 18.9. The van der Waals surface area contributed by atoms with Crippen LogP contribution in [0.15, 0.2) is 114 Å². The standard InChI is InChI=1S/C31H23F3N4O5S/c32-31(33,34)24-14-5-6-15-25(24)36-28(39)19-44-23-13-8-12-22(18-23)35-30(41)26(37-29(40)20-9-2-1-3-10-20)17-21-11-4-7-16-27(21)38(42)43/h1-18H,19H2,(H,35,41)(H,36,39)(H,37,40)/b26-17+. The van der Waals surface area contributed by atoms with Gasteiger partial charge < -0.3 is 16.0 Å². The van der Waals surface area contributed by atoms with Crippen LogP contribution in [-0.4, -0.2) is 28.4 Å². The number of nitrogens with zero attached hydrogens (tertiary/aromatic N) is 1. The van der Waals surface area contributed by atoms with Gasteiger partial charge in [-0.2, -0.15) is 13.2 Å². The van der Waals surface area contributed by atoms with Crippen LogP contribution in [0.25, 0.3) is 6.08 Å². The predicted octanol–water partition coefficient (Wildman–Crippen LogP) is 6.75. The minimum absolute atomic E-state index is 0.0819. The first-order chi connectivity index (χ1) is 21.0. The Labute approximate surface area is 253 Å². The Morgan fingerprint density at radius 2 is 1.52 bits per heavy atom. The van der Waals surface area contributed by atoms with Crippen LogP contribution in [0, 0.1) is 10.1 Å². The van der Waals surface area contributed by atoms with E-state index in [4.69, 9.17) is 0 Å². The van der Waals surface area contributed by atoms with Crippen molar-refractivity contribution in [1.82, 2.24) is 5.32 Å². The number of hydrogen-bond donors (Lipinski definition) is 3. The van der Waals surface area contributed by atoms with Crippen LogP contribution in [0.3, 0.4) is 0 Å². The summed E-state index contributed by atoms with van der Waals surface area (Å²) in [4.78, 5) is 50.0. The molecule has 4 aromatic carbocycles. The molecule has 44 heavy (non-hydrogen) atoms. The van der Waals surface area contributed by atoms with Crippen LogP contribution in [0.5, 0.6) is 0 Å². The van der Waals surface area contributed by atoms with Crippen LogP contribution in [0.1, 0.15) is 21.5 Å². The SMILES string of the molecule is O=C(CSc1cccc(NC(=O)/C(=C\c2ccccc2[N+](=O)[O-])NC(=O)c2ccccc2)c1)Nc1ccccc1C(F)(F)F. The molecule has 4 aromatic rings. The number of rotatable bonds is 10. The molecule has 0 aliphatic rings. The van der Waals surface area contributed by atoms with Gasteiger partial charge in [-0.3, -0.25) is 24.5 Å². The van der Waals surface area contributed by atoms with E-state index in [1.807, 2.05) is 0 Å². The van der Waals surface area contributed by atoms with E-state index in [1.54, 1.807) is 42.5 Å². The summed E-state index contributed by atoms with van der Waals surface area (Å²) in [6.45, 7) is 0. The molecule has 0 bridgehead atoms. The Morgan fingerprint density at radius 1 is 0.841 bits per heavy atom. The number of thioether (sulfide) groups is 1. The topological polar surface area (TPSA) is 130 Å². The number of alkyl halides is 3. The lowest BCUT2D eigenvalue weighted by Gasteiger charge is -2.14. The van der Waals surface area contributed by atoms with E-state index in [0.717, 1.165) is 23.9 Å². The number of carbonyl (C=O) groups is 3. The summed E-state index contributed by atoms with van der Waals surface area (Å²) in [7, 11) is 0. The van der Waals surface area contributed by atoms with Crippen LogP contribution >= 0.6 is 11.8 Å². The molecule has 0 saturated carbocycles. The van der Waals surface area contributed by atoms with Gasteiger partial charge in [-0.25, -0.2) is 0 Å². The van der Waals surface area contributed by atoms with Crippen molar-refractivity contribution in [3.63, 3.8) is 0 Å². The summed E-state index contributed by atoms with van der Waals surface area (Å²) in [5.74, 6) is -2.29. The summed E-state index contributed by atoms with van der Waals surface area (Å²) in [6.07, 6.45) is -3.45. The maximum atomic E-state index is 13.3. The Kier molecular flexibility index (Phi) is 10.1. The van der Waals surface area contributed by atoms with E-state index in [-0.39, 0.29) is 39.6 Å². The Balaban J connectivity index is 1.50. The van der Waals surface area contributed by atoms with Gasteiger partial charge >= 0.3 is 6.18 Å². The van der Waals surface area contributed by atoms with Gasteiger partial charge in [-0.05, 0) is 54.6 Å². The van der Waals surface area contributed by atoms with Crippen molar-refractivity contribution >= 4 is 52.6 Å². The fourth-order valence-corrected chi connectivity index (χ4v) is 4.67. The highest BCUT2D eigenvalue weighted by Crippen LogP contribution is 2.34. The average molecular weight is 621 g/mol. The number of amides is 3. The van der Waals surface area contributed by atoms with E-state index in [1.165, 1.54) is 54.6 Å². The highest BCUT2D eigenvalue weighted by atomic mass is 32.2. The van der Waals surface area contributed by atoms with Gasteiger partial charge in [0, 0.05) is 22.2 Å². The molecule has 3 amide bonds. The van der Waals surface area contributed by atoms with Gasteiger partial charge in [0.1, 0.15) is 5.70 Å². The molecule has 0 spiro atoms. The zero-order valence-electron chi connectivity index (χ0n) is 22.6. The maximum Gasteiger partial charge on any atom is 0.418 e. The van der Waals surface area contributed by atoms with Gasteiger partial charge in [0.15, 0.2) is 0 Å². The van der Waals surface area contributed by atoms with Crippen molar-refractivity contribution in [3.05, 3.63) is 136 Å². The Hall–Kier alpha value is -5.43. The minimum atomic E-state index is -4.64. The van der Waals surface area contributed by atoms with E-state index < -0.39 is 34.4 Å². The zero-order chi connectivity index (χ0) is 31.7. The highest BCUT2D eigenvalue weighted by Gasteiger charge is 2.33. The fraction of sp³-hybridized carbons (Fsp3) is 0.0645. The number of para-hydroxylation sites is 2. The molecule has 224 valence electrons. The molecule has 0 aliphatic carbocycles. The molecule has 0 fully saturated rings. The smallest absolute Gasteiger partial charge is 0.325 e. The van der Waals surface area contributed by atoms with E-state index in [2.05, 4.69) is 16.0 Å². The summed E-state index contributed by atoms with van der Waals surface area (Å²) in [6, 6.07) is 24.7. The molecular weight excluding hydrogens is 597 g/mol. The first kappa shape index (κ1) is 31.5. The molecule has 13 heteroatoms. The lowest BCUT2D eigenvalue weighted by Crippen LogP contribution is -2.30. The largest absolute Gasteiger partial charge is 0.418 e. The monoisotopic (exact) mass is 620 g/mol. The summed E-state index contributed by atoms with van der Waals surface area (Å²) < 4.78 is 39.7. The van der Waals surface area contributed by atoms with Crippen molar-refractivity contribution in [3.8, 4) is 0 Å². The lowest BCUT2D eigenvalue weighted by molar-refractivity contribution is -0.385. The molecule has 4 rings (SSSR count). The molecule has 0 heterocycles. The van der Waals surface area contributed by atoms with Gasteiger partial charge in [-0.1, -0.05) is 48.5 Å². The van der Waals surface area contributed by atoms with E-state index in [9.17, 15) is 37.7 Å². The van der Waals surface area contributed by atoms with Crippen molar-refractivity contribution in [2.24, 2.45) is 0 Å². The number of nitro benzene ring substituents is 1. The van der Waals surface area contributed by atoms with Crippen LogP contribution in [0.2, 0.25) is 0 Å². The average Bonchev–Trinajstić information content (AvgIpc) is 3.00. The summed E-state index contributed by atoms with van der Waals surface area (Å²) in [5.41, 5.74) is -1.27. The molecule has 0 saturated heterocycles. The molecule has 0 aromatic heterocycles. The fourth-order valence-electron chi connectivity index (χ4n) is 3.91. The van der Waals surface area contributed by atoms with Crippen molar-refractivity contribution in [2.75, 3.05) is 16.4 Å². The lowest BCUT2D eigenvalue weighted by atomic mass is 10.1. The normalized spacial score (nSPS) is 11.4. The number of nitro groups is 1. The zero-order valence-corrected chi connectivity index (χ0v) is 23.4. The second kappa shape index (κ2) is 14.2. The number of anilines is 2. The predicted molar refractivity (Wildman–Crippen MR) is 161 cm³/mol. The summed E-state index contributed by atoms with van der Waals surface area (Å²) >= 11 is 1.02. The molecular formula is C31H23F3N4O5S. The van der Waals surface area contributed by atoms with Gasteiger partial charge in [0.2, 0.25) is 5.91 Å². The number of benzene rings is 4. The maximum absolute atomic E-state index is 13.3. The van der Waals surface area contributed by atoms with Gasteiger partial charge in [0.25, 0.3) is 17.5 Å². The van der Waals surface area contributed by atoms with Crippen LogP contribution in [-0.2, 0) is 15.8 Å². The first-order valence-corrected chi connectivity index (χ1v) is 13.8. The number of hydrogen-bond acceptors (Lipinski definition) is 6. The number of nitrogens with one attached hydrogen (secondary N) is 3. The van der Waals surface area contributed by atoms with Crippen molar-refractivity contribution in [2.45, 2.75) is 11.1 Å². The van der Waals surface area contributed by atoms with Crippen molar-refractivity contribution in [1.29, 1.82) is 0 Å². The third kappa shape index (κ3) is 8.55. The molecule has 0 atom stereocenters. The van der Waals surface area contributed by atoms with E-state index in [0.29, 0.717) is 4.90 Å². The van der Waals surface area contributed by atoms with Crippen molar-refractivity contribution < 1.29 is 32.5 Å². The van der Waals surface area contributed by atoms with Crippen LogP contribution in [0.4, 0.5) is 30.2 Å². The van der Waals surface area contributed by atoms with E-state index >= 15 is 0 Å². The quantitative estimate of drug-likeness (QED) is 0.0778. The molecule has 9 nitrogen and oxygen atoms in total. The third-order valence-electron chi connectivity index (χ3n) is 5.93. The second-order valence-corrected chi connectivity index (χ2v) is 10.1. The minimum Gasteiger partial charge on any atom is -0.325 e. The molecule has 3 N–H and O–H groups in total. The molecule has 0 unspecified atom stereocenters. The molecule has 0 aliphatic heterocycles. The second-order valence-electron chi connectivity index (χ2n) is 9.06. The third-order valence-corrected chi connectivity index (χ3v) is 6.92. The Bertz CT molecular complexity index is 1730. The highest BCUT2D eigenvalue weighted by molar-refractivity contribution is 8.00. The van der Waals surface area contributed by atoms with Crippen LogP contribution < -0.4 is 16.0 Å².